The fraction of sp³-hybridized carbons (Fsp3) is 0.562. The van der Waals surface area contributed by atoms with Gasteiger partial charge >= 0.3 is 0 Å². The summed E-state index contributed by atoms with van der Waals surface area (Å²) in [6, 6.07) is 6.80. The lowest BCUT2D eigenvalue weighted by atomic mass is 10.1. The predicted molar refractivity (Wildman–Crippen MR) is 90.2 cm³/mol. The van der Waals surface area contributed by atoms with E-state index in [1.807, 2.05) is 6.07 Å². The van der Waals surface area contributed by atoms with Crippen molar-refractivity contribution in [2.75, 3.05) is 12.4 Å². The molecule has 1 aliphatic heterocycles. The third-order valence-electron chi connectivity index (χ3n) is 4.06. The Morgan fingerprint density at radius 1 is 1.43 bits per heavy atom. The lowest BCUT2D eigenvalue weighted by Gasteiger charge is -2.19. The van der Waals surface area contributed by atoms with Gasteiger partial charge < -0.3 is 10.1 Å². The Morgan fingerprint density at radius 2 is 2.17 bits per heavy atom. The lowest BCUT2D eigenvalue weighted by molar-refractivity contribution is -0.121. The molecule has 1 aromatic carbocycles. The minimum Gasteiger partial charge on any atom is -0.377 e. The number of carbonyl (C=O) groups is 1. The van der Waals surface area contributed by atoms with Crippen molar-refractivity contribution >= 4 is 27.3 Å². The highest BCUT2D eigenvalue weighted by molar-refractivity contribution is 7.92. The van der Waals surface area contributed by atoms with E-state index in [-0.39, 0.29) is 17.9 Å². The number of sulfone groups is 1. The second-order valence-corrected chi connectivity index (χ2v) is 8.69. The first kappa shape index (κ1) is 18.2. The summed E-state index contributed by atoms with van der Waals surface area (Å²) in [6.45, 7) is 3.81. The Labute approximate surface area is 142 Å². The molecule has 3 atom stereocenters. The summed E-state index contributed by atoms with van der Waals surface area (Å²) in [5, 5.41) is 2.21. The summed E-state index contributed by atoms with van der Waals surface area (Å²) in [5.74, 6) is -0.608. The monoisotopic (exact) mass is 359 g/mol. The van der Waals surface area contributed by atoms with Crippen molar-refractivity contribution in [1.82, 2.24) is 5.32 Å². The van der Waals surface area contributed by atoms with Crippen LogP contribution in [0.25, 0.3) is 0 Å². The number of halogens is 1. The summed E-state index contributed by atoms with van der Waals surface area (Å²) < 4.78 is 30.0. The molecule has 1 aromatic rings. The van der Waals surface area contributed by atoms with Gasteiger partial charge in [-0.05, 0) is 44.4 Å². The van der Waals surface area contributed by atoms with Crippen LogP contribution < -0.4 is 5.32 Å². The maximum Gasteiger partial charge on any atom is 0.238 e. The van der Waals surface area contributed by atoms with Crippen molar-refractivity contribution in [1.29, 1.82) is 0 Å². The first-order valence-electron chi connectivity index (χ1n) is 7.68. The molecule has 1 fully saturated rings. The number of carbonyl (C=O) groups excluding carboxylic acids is 1. The standard InChI is InChI=1S/C16H22ClNO4S/c1-11(13-5-3-6-14(17)9-13)18-16(19)12(2)23(20,21)10-15-7-4-8-22-15/h3,5-6,9,11-12,15H,4,7-8,10H2,1-2H3,(H,18,19). The maximum atomic E-state index is 12.3. The fourth-order valence-electron chi connectivity index (χ4n) is 2.53. The molecular weight excluding hydrogens is 338 g/mol. The zero-order valence-corrected chi connectivity index (χ0v) is 14.9. The van der Waals surface area contributed by atoms with Crippen molar-refractivity contribution in [3.05, 3.63) is 34.9 Å². The molecule has 7 heteroatoms. The van der Waals surface area contributed by atoms with Gasteiger partial charge in [0.2, 0.25) is 5.91 Å². The Morgan fingerprint density at radius 3 is 2.78 bits per heavy atom. The number of hydrogen-bond acceptors (Lipinski definition) is 4. The average molecular weight is 360 g/mol. The molecule has 0 saturated carbocycles. The van der Waals surface area contributed by atoms with Crippen LogP contribution in [-0.2, 0) is 19.4 Å². The number of ether oxygens (including phenoxy) is 1. The van der Waals surface area contributed by atoms with Crippen LogP contribution >= 0.6 is 11.6 Å². The van der Waals surface area contributed by atoms with Crippen LogP contribution in [0.3, 0.4) is 0 Å². The smallest absolute Gasteiger partial charge is 0.238 e. The van der Waals surface area contributed by atoms with Crippen molar-refractivity contribution < 1.29 is 17.9 Å². The van der Waals surface area contributed by atoms with Crippen molar-refractivity contribution in [3.63, 3.8) is 0 Å². The van der Waals surface area contributed by atoms with E-state index in [1.165, 1.54) is 6.92 Å². The Bertz CT molecular complexity index is 656. The summed E-state index contributed by atoms with van der Waals surface area (Å²) in [6.07, 6.45) is 1.31. The van der Waals surface area contributed by atoms with Crippen molar-refractivity contribution in [2.24, 2.45) is 0 Å². The van der Waals surface area contributed by atoms with Crippen LogP contribution in [0.2, 0.25) is 5.02 Å². The van der Waals surface area contributed by atoms with Crippen LogP contribution in [0.15, 0.2) is 24.3 Å². The third-order valence-corrected chi connectivity index (χ3v) is 6.42. The van der Waals surface area contributed by atoms with Crippen LogP contribution in [0, 0.1) is 0 Å². The van der Waals surface area contributed by atoms with Gasteiger partial charge in [0.05, 0.1) is 17.9 Å². The predicted octanol–water partition coefficient (Wildman–Crippen LogP) is 2.50. The Kier molecular flexibility index (Phi) is 6.06. The van der Waals surface area contributed by atoms with Gasteiger partial charge in [0, 0.05) is 11.6 Å². The van der Waals surface area contributed by atoms with E-state index < -0.39 is 21.0 Å². The second kappa shape index (κ2) is 7.64. The molecule has 0 bridgehead atoms. The van der Waals surface area contributed by atoms with Crippen LogP contribution in [0.4, 0.5) is 0 Å². The summed E-state index contributed by atoms with van der Waals surface area (Å²) in [5.41, 5.74) is 0.828. The van der Waals surface area contributed by atoms with E-state index >= 15 is 0 Å². The number of hydrogen-bond donors (Lipinski definition) is 1. The molecule has 128 valence electrons. The first-order valence-corrected chi connectivity index (χ1v) is 9.78. The molecule has 0 spiro atoms. The van der Waals surface area contributed by atoms with E-state index in [1.54, 1.807) is 25.1 Å². The highest BCUT2D eigenvalue weighted by atomic mass is 35.5. The van der Waals surface area contributed by atoms with Gasteiger partial charge in [0.25, 0.3) is 0 Å². The van der Waals surface area contributed by atoms with E-state index in [2.05, 4.69) is 5.32 Å². The number of amides is 1. The molecule has 0 radical (unpaired) electrons. The second-order valence-electron chi connectivity index (χ2n) is 5.89. The van der Waals surface area contributed by atoms with Crippen molar-refractivity contribution in [2.45, 2.75) is 44.1 Å². The van der Waals surface area contributed by atoms with Gasteiger partial charge in [-0.1, -0.05) is 23.7 Å². The highest BCUT2D eigenvalue weighted by Gasteiger charge is 2.32. The number of rotatable bonds is 6. The van der Waals surface area contributed by atoms with E-state index in [0.717, 1.165) is 18.4 Å². The molecule has 1 saturated heterocycles. The summed E-state index contributed by atoms with van der Waals surface area (Å²) in [7, 11) is -3.54. The highest BCUT2D eigenvalue weighted by Crippen LogP contribution is 2.19. The number of nitrogens with one attached hydrogen (secondary N) is 1. The summed E-state index contributed by atoms with van der Waals surface area (Å²) in [4.78, 5) is 12.3. The van der Waals surface area contributed by atoms with E-state index in [0.29, 0.717) is 11.6 Å². The quantitative estimate of drug-likeness (QED) is 0.847. The Hall–Kier alpha value is -1.11. The minimum atomic E-state index is -3.54. The van der Waals surface area contributed by atoms with Crippen LogP contribution in [0.5, 0.6) is 0 Å². The van der Waals surface area contributed by atoms with Gasteiger partial charge in [-0.15, -0.1) is 0 Å². The van der Waals surface area contributed by atoms with Gasteiger partial charge in [-0.25, -0.2) is 8.42 Å². The first-order chi connectivity index (χ1) is 10.8. The largest absolute Gasteiger partial charge is 0.377 e. The third kappa shape index (κ3) is 4.93. The zero-order chi connectivity index (χ0) is 17.0. The molecule has 0 aromatic heterocycles. The van der Waals surface area contributed by atoms with Gasteiger partial charge in [-0.2, -0.15) is 0 Å². The van der Waals surface area contributed by atoms with Crippen LogP contribution in [-0.4, -0.2) is 38.0 Å². The molecule has 1 amide bonds. The zero-order valence-electron chi connectivity index (χ0n) is 13.3. The number of benzene rings is 1. The van der Waals surface area contributed by atoms with Gasteiger partial charge in [-0.3, -0.25) is 4.79 Å². The average Bonchev–Trinajstić information content (AvgIpc) is 2.98. The van der Waals surface area contributed by atoms with Crippen molar-refractivity contribution in [3.8, 4) is 0 Å². The molecular formula is C16H22ClNO4S. The molecule has 3 unspecified atom stereocenters. The molecule has 5 nitrogen and oxygen atoms in total. The molecule has 2 rings (SSSR count). The maximum absolute atomic E-state index is 12.3. The Balaban J connectivity index is 1.98. The van der Waals surface area contributed by atoms with E-state index in [9.17, 15) is 13.2 Å². The molecule has 0 aliphatic carbocycles. The molecule has 1 aliphatic rings. The lowest BCUT2D eigenvalue weighted by Crippen LogP contribution is -2.41. The summed E-state index contributed by atoms with van der Waals surface area (Å²) >= 11 is 5.93. The van der Waals surface area contributed by atoms with Crippen LogP contribution in [0.1, 0.15) is 38.3 Å². The molecule has 23 heavy (non-hydrogen) atoms. The minimum absolute atomic E-state index is 0.104. The molecule has 1 heterocycles. The topological polar surface area (TPSA) is 72.5 Å². The van der Waals surface area contributed by atoms with E-state index in [4.69, 9.17) is 16.3 Å². The SMILES string of the molecule is CC(NC(=O)C(C)S(=O)(=O)CC1CCCO1)c1cccc(Cl)c1. The molecule has 1 N–H and O–H groups in total. The van der Waals surface area contributed by atoms with Gasteiger partial charge in [0.1, 0.15) is 5.25 Å². The van der Waals surface area contributed by atoms with Gasteiger partial charge in [0.15, 0.2) is 9.84 Å². The normalized spacial score (nSPS) is 20.9. The fourth-order valence-corrected chi connectivity index (χ4v) is 4.20.